The van der Waals surface area contributed by atoms with E-state index in [2.05, 4.69) is 17.1 Å². The van der Waals surface area contributed by atoms with E-state index >= 15 is 0 Å². The molecule has 0 aromatic rings. The lowest BCUT2D eigenvalue weighted by Gasteiger charge is -2.33. The van der Waals surface area contributed by atoms with Gasteiger partial charge in [0.2, 0.25) is 5.91 Å². The number of nitrogens with two attached hydrogens (primary N) is 1. The first kappa shape index (κ1) is 12.8. The highest BCUT2D eigenvalue weighted by atomic mass is 16.1. The zero-order valence-corrected chi connectivity index (χ0v) is 10.8. The molecule has 1 amide bonds. The van der Waals surface area contributed by atoms with Crippen LogP contribution in [-0.2, 0) is 4.79 Å². The van der Waals surface area contributed by atoms with Gasteiger partial charge in [-0.15, -0.1) is 0 Å². The molecule has 2 aliphatic rings. The predicted molar refractivity (Wildman–Crippen MR) is 68.6 cm³/mol. The first-order chi connectivity index (χ1) is 8.15. The summed E-state index contributed by atoms with van der Waals surface area (Å²) < 4.78 is 0. The van der Waals surface area contributed by atoms with Gasteiger partial charge in [-0.1, -0.05) is 0 Å². The Hall–Kier alpha value is -0.610. The second-order valence-corrected chi connectivity index (χ2v) is 5.63. The minimum absolute atomic E-state index is 0.224. The highest BCUT2D eigenvalue weighted by Gasteiger charge is 2.24. The lowest BCUT2D eigenvalue weighted by atomic mass is 9.91. The standard InChI is InChI=1S/C13H25N3O/c1-10(14)11-4-7-16(8-5-11)9-6-13(17)15-12-2-3-12/h10-12H,2-9,14H2,1H3,(H,15,17). The van der Waals surface area contributed by atoms with Gasteiger partial charge in [-0.05, 0) is 51.6 Å². The summed E-state index contributed by atoms with van der Waals surface area (Å²) in [6.45, 7) is 5.21. The Balaban J connectivity index is 1.59. The van der Waals surface area contributed by atoms with Crippen LogP contribution in [0.1, 0.15) is 39.0 Å². The molecule has 0 bridgehead atoms. The Bertz CT molecular complexity index is 255. The van der Waals surface area contributed by atoms with Crippen LogP contribution >= 0.6 is 0 Å². The summed E-state index contributed by atoms with van der Waals surface area (Å²) in [4.78, 5) is 13.9. The molecule has 4 nitrogen and oxygen atoms in total. The second kappa shape index (κ2) is 5.83. The number of amides is 1. The molecule has 4 heteroatoms. The maximum atomic E-state index is 11.6. The summed E-state index contributed by atoms with van der Waals surface area (Å²) in [6.07, 6.45) is 5.36. The van der Waals surface area contributed by atoms with Gasteiger partial charge in [0.15, 0.2) is 0 Å². The minimum Gasteiger partial charge on any atom is -0.353 e. The first-order valence-corrected chi connectivity index (χ1v) is 6.92. The normalized spacial score (nSPS) is 24.6. The lowest BCUT2D eigenvalue weighted by Crippen LogP contribution is -2.41. The molecule has 0 aromatic carbocycles. The van der Waals surface area contributed by atoms with Gasteiger partial charge in [-0.25, -0.2) is 0 Å². The van der Waals surface area contributed by atoms with E-state index in [0.717, 1.165) is 19.6 Å². The number of carbonyl (C=O) groups is 1. The molecular weight excluding hydrogens is 214 g/mol. The van der Waals surface area contributed by atoms with Gasteiger partial charge in [0.25, 0.3) is 0 Å². The Kier molecular flexibility index (Phi) is 4.40. The summed E-state index contributed by atoms with van der Waals surface area (Å²) in [5.74, 6) is 0.897. The molecule has 1 unspecified atom stereocenters. The van der Waals surface area contributed by atoms with E-state index in [0.29, 0.717) is 24.4 Å². The molecular formula is C13H25N3O. The zero-order valence-electron chi connectivity index (χ0n) is 10.8. The van der Waals surface area contributed by atoms with Crippen molar-refractivity contribution in [1.29, 1.82) is 0 Å². The van der Waals surface area contributed by atoms with E-state index < -0.39 is 0 Å². The van der Waals surface area contributed by atoms with E-state index in [4.69, 9.17) is 5.73 Å². The van der Waals surface area contributed by atoms with Gasteiger partial charge >= 0.3 is 0 Å². The van der Waals surface area contributed by atoms with Gasteiger partial charge in [-0.3, -0.25) is 4.79 Å². The van der Waals surface area contributed by atoms with Crippen LogP contribution in [0.15, 0.2) is 0 Å². The van der Waals surface area contributed by atoms with E-state index in [9.17, 15) is 4.79 Å². The number of likely N-dealkylation sites (tertiary alicyclic amines) is 1. The smallest absolute Gasteiger partial charge is 0.221 e. The summed E-state index contributed by atoms with van der Waals surface area (Å²) >= 11 is 0. The Morgan fingerprint density at radius 2 is 2.00 bits per heavy atom. The van der Waals surface area contributed by atoms with Gasteiger partial charge in [0, 0.05) is 25.0 Å². The third-order valence-corrected chi connectivity index (χ3v) is 3.97. The minimum atomic E-state index is 0.224. The van der Waals surface area contributed by atoms with Crippen LogP contribution in [0.2, 0.25) is 0 Å². The lowest BCUT2D eigenvalue weighted by molar-refractivity contribution is -0.121. The fourth-order valence-electron chi connectivity index (χ4n) is 2.49. The number of hydrogen-bond donors (Lipinski definition) is 2. The van der Waals surface area contributed by atoms with Crippen molar-refractivity contribution in [3.8, 4) is 0 Å². The molecule has 1 saturated heterocycles. The van der Waals surface area contributed by atoms with Crippen molar-refractivity contribution in [2.45, 2.75) is 51.1 Å². The third-order valence-electron chi connectivity index (χ3n) is 3.97. The van der Waals surface area contributed by atoms with E-state index in [-0.39, 0.29) is 5.91 Å². The van der Waals surface area contributed by atoms with Gasteiger partial charge in [-0.2, -0.15) is 0 Å². The van der Waals surface area contributed by atoms with Crippen molar-refractivity contribution in [3.05, 3.63) is 0 Å². The van der Waals surface area contributed by atoms with Crippen LogP contribution in [0.4, 0.5) is 0 Å². The van der Waals surface area contributed by atoms with Crippen LogP contribution in [-0.4, -0.2) is 42.5 Å². The molecule has 98 valence electrons. The SMILES string of the molecule is CC(N)C1CCN(CCC(=O)NC2CC2)CC1. The number of hydrogen-bond acceptors (Lipinski definition) is 3. The molecule has 2 fully saturated rings. The monoisotopic (exact) mass is 239 g/mol. The maximum Gasteiger partial charge on any atom is 0.221 e. The molecule has 1 aliphatic carbocycles. The third kappa shape index (κ3) is 4.28. The number of piperidine rings is 1. The highest BCUT2D eigenvalue weighted by molar-refractivity contribution is 5.76. The fraction of sp³-hybridized carbons (Fsp3) is 0.923. The Morgan fingerprint density at radius 3 is 2.53 bits per heavy atom. The Labute approximate surface area is 104 Å². The zero-order chi connectivity index (χ0) is 12.3. The van der Waals surface area contributed by atoms with Crippen molar-refractivity contribution < 1.29 is 4.79 Å². The molecule has 3 N–H and O–H groups in total. The summed E-state index contributed by atoms with van der Waals surface area (Å²) in [5.41, 5.74) is 5.91. The summed E-state index contributed by atoms with van der Waals surface area (Å²) in [7, 11) is 0. The largest absolute Gasteiger partial charge is 0.353 e. The number of nitrogens with zero attached hydrogens (tertiary/aromatic N) is 1. The van der Waals surface area contributed by atoms with E-state index in [1.165, 1.54) is 25.7 Å². The van der Waals surface area contributed by atoms with Gasteiger partial charge in [0.05, 0.1) is 0 Å². The van der Waals surface area contributed by atoms with Crippen LogP contribution in [0.25, 0.3) is 0 Å². The molecule has 0 aromatic heterocycles. The van der Waals surface area contributed by atoms with Gasteiger partial charge in [0.1, 0.15) is 0 Å². The highest BCUT2D eigenvalue weighted by Crippen LogP contribution is 2.20. The fourth-order valence-corrected chi connectivity index (χ4v) is 2.49. The van der Waals surface area contributed by atoms with Crippen molar-refractivity contribution in [2.75, 3.05) is 19.6 Å². The molecule has 1 heterocycles. The van der Waals surface area contributed by atoms with Gasteiger partial charge < -0.3 is 16.0 Å². The molecule has 0 radical (unpaired) electrons. The predicted octanol–water partition coefficient (Wildman–Crippen LogP) is 0.714. The second-order valence-electron chi connectivity index (χ2n) is 5.63. The summed E-state index contributed by atoms with van der Waals surface area (Å²) in [5, 5.41) is 3.03. The molecule has 1 saturated carbocycles. The number of carbonyl (C=O) groups excluding carboxylic acids is 1. The quantitative estimate of drug-likeness (QED) is 0.743. The molecule has 0 spiro atoms. The van der Waals surface area contributed by atoms with Crippen molar-refractivity contribution in [1.82, 2.24) is 10.2 Å². The maximum absolute atomic E-state index is 11.6. The van der Waals surface area contributed by atoms with Crippen LogP contribution in [0, 0.1) is 5.92 Å². The molecule has 17 heavy (non-hydrogen) atoms. The average molecular weight is 239 g/mol. The van der Waals surface area contributed by atoms with Crippen molar-refractivity contribution >= 4 is 5.91 Å². The van der Waals surface area contributed by atoms with Crippen molar-refractivity contribution in [3.63, 3.8) is 0 Å². The Morgan fingerprint density at radius 1 is 1.35 bits per heavy atom. The topological polar surface area (TPSA) is 58.4 Å². The molecule has 1 aliphatic heterocycles. The number of rotatable bonds is 5. The van der Waals surface area contributed by atoms with E-state index in [1.807, 2.05) is 0 Å². The van der Waals surface area contributed by atoms with Crippen LogP contribution in [0.5, 0.6) is 0 Å². The van der Waals surface area contributed by atoms with E-state index in [1.54, 1.807) is 0 Å². The average Bonchev–Trinajstić information content (AvgIpc) is 3.11. The molecule has 2 rings (SSSR count). The van der Waals surface area contributed by atoms with Crippen molar-refractivity contribution in [2.24, 2.45) is 11.7 Å². The van der Waals surface area contributed by atoms with Crippen LogP contribution in [0.3, 0.4) is 0 Å². The van der Waals surface area contributed by atoms with Crippen LogP contribution < -0.4 is 11.1 Å². The molecule has 1 atom stereocenters. The number of nitrogens with one attached hydrogen (secondary N) is 1. The summed E-state index contributed by atoms with van der Waals surface area (Å²) in [6, 6.07) is 0.807. The first-order valence-electron chi connectivity index (χ1n) is 6.92.